The van der Waals surface area contributed by atoms with Crippen molar-refractivity contribution in [1.82, 2.24) is 10.6 Å². The lowest BCUT2D eigenvalue weighted by Crippen LogP contribution is -2.38. The molecule has 1 heterocycles. The molecule has 0 radical (unpaired) electrons. The topological polar surface area (TPSA) is 59.6 Å². The van der Waals surface area contributed by atoms with E-state index in [-0.39, 0.29) is 18.1 Å². The van der Waals surface area contributed by atoms with E-state index < -0.39 is 0 Å². The van der Waals surface area contributed by atoms with Crippen molar-refractivity contribution in [3.8, 4) is 5.75 Å². The van der Waals surface area contributed by atoms with Crippen molar-refractivity contribution in [3.63, 3.8) is 0 Å². The van der Waals surface area contributed by atoms with Gasteiger partial charge in [-0.2, -0.15) is 0 Å². The number of rotatable bonds is 8. The highest BCUT2D eigenvalue weighted by Gasteiger charge is 2.22. The smallest absolute Gasteiger partial charge is 0.251 e. The molecule has 0 aromatic heterocycles. The first kappa shape index (κ1) is 22.4. The molecule has 2 atom stereocenters. The van der Waals surface area contributed by atoms with Crippen LogP contribution in [0.25, 0.3) is 0 Å². The average molecular weight is 449 g/mol. The van der Waals surface area contributed by atoms with E-state index in [9.17, 15) is 4.79 Å². The summed E-state index contributed by atoms with van der Waals surface area (Å²) in [6.07, 6.45) is 10.6. The largest absolute Gasteiger partial charge is 0.491 e. The van der Waals surface area contributed by atoms with Crippen molar-refractivity contribution in [2.45, 2.75) is 82.5 Å². The summed E-state index contributed by atoms with van der Waals surface area (Å²) < 4.78 is 11.4. The molecule has 2 aromatic rings. The predicted molar refractivity (Wildman–Crippen MR) is 130 cm³/mol. The summed E-state index contributed by atoms with van der Waals surface area (Å²) in [5.41, 5.74) is 4.87. The third-order valence-electron chi connectivity index (χ3n) is 7.36. The highest BCUT2D eigenvalue weighted by molar-refractivity contribution is 5.94. The third-order valence-corrected chi connectivity index (χ3v) is 7.36. The maximum absolute atomic E-state index is 12.8. The Kier molecular flexibility index (Phi) is 7.27. The van der Waals surface area contributed by atoms with Gasteiger partial charge in [-0.05, 0) is 85.9 Å². The molecule has 2 fully saturated rings. The second kappa shape index (κ2) is 10.7. The molecule has 2 aromatic carbocycles. The van der Waals surface area contributed by atoms with Crippen molar-refractivity contribution in [3.05, 3.63) is 64.7 Å². The number of fused-ring (bicyclic) bond motifs is 1. The van der Waals surface area contributed by atoms with Crippen molar-refractivity contribution in [2.24, 2.45) is 0 Å². The van der Waals surface area contributed by atoms with Crippen LogP contribution < -0.4 is 15.4 Å². The number of hydrogen-bond acceptors (Lipinski definition) is 4. The Morgan fingerprint density at radius 1 is 0.939 bits per heavy atom. The van der Waals surface area contributed by atoms with Crippen molar-refractivity contribution in [2.75, 3.05) is 13.2 Å². The fourth-order valence-electron chi connectivity index (χ4n) is 5.37. The quantitative estimate of drug-likeness (QED) is 0.621. The zero-order chi connectivity index (χ0) is 22.5. The average Bonchev–Trinajstić information content (AvgIpc) is 3.56. The van der Waals surface area contributed by atoms with E-state index in [2.05, 4.69) is 28.8 Å². The Morgan fingerprint density at radius 2 is 1.79 bits per heavy atom. The minimum Gasteiger partial charge on any atom is -0.491 e. The van der Waals surface area contributed by atoms with E-state index in [1.54, 1.807) is 0 Å². The molecular weight excluding hydrogens is 412 g/mol. The molecule has 1 saturated carbocycles. The first-order valence-electron chi connectivity index (χ1n) is 12.7. The van der Waals surface area contributed by atoms with Gasteiger partial charge >= 0.3 is 0 Å². The van der Waals surface area contributed by atoms with E-state index in [1.165, 1.54) is 42.4 Å². The third kappa shape index (κ3) is 5.96. The zero-order valence-corrected chi connectivity index (χ0v) is 19.5. The van der Waals surface area contributed by atoms with E-state index >= 15 is 0 Å². The van der Waals surface area contributed by atoms with Crippen LogP contribution in [0.15, 0.2) is 42.5 Å². The Balaban J connectivity index is 1.10. The summed E-state index contributed by atoms with van der Waals surface area (Å²) in [5.74, 6) is 0.776. The predicted octanol–water partition coefficient (Wildman–Crippen LogP) is 4.56. The molecule has 1 aliphatic heterocycles. The van der Waals surface area contributed by atoms with Gasteiger partial charge in [-0.15, -0.1) is 0 Å². The second-order valence-corrected chi connectivity index (χ2v) is 9.85. The van der Waals surface area contributed by atoms with Gasteiger partial charge in [0.2, 0.25) is 0 Å². The van der Waals surface area contributed by atoms with Gasteiger partial charge in [-0.25, -0.2) is 0 Å². The minimum absolute atomic E-state index is 0.00786. The summed E-state index contributed by atoms with van der Waals surface area (Å²) in [6, 6.07) is 15.2. The van der Waals surface area contributed by atoms with Gasteiger partial charge in [0.05, 0.1) is 6.10 Å². The molecule has 2 aliphatic carbocycles. The van der Waals surface area contributed by atoms with Crippen LogP contribution in [-0.4, -0.2) is 37.3 Å². The lowest BCUT2D eigenvalue weighted by atomic mass is 9.87. The normalized spacial score (nSPS) is 22.8. The first-order chi connectivity index (χ1) is 16.2. The molecule has 2 N–H and O–H groups in total. The van der Waals surface area contributed by atoms with Crippen LogP contribution in [0.1, 0.15) is 72.0 Å². The molecule has 0 unspecified atom stereocenters. The Bertz CT molecular complexity index is 931. The number of carbonyl (C=O) groups is 1. The molecule has 176 valence electrons. The fraction of sp³-hybridized carbons (Fsp3) is 0.536. The molecule has 1 amide bonds. The number of aryl methyl sites for hydroxylation is 1. The molecule has 5 nitrogen and oxygen atoms in total. The van der Waals surface area contributed by atoms with Gasteiger partial charge < -0.3 is 20.1 Å². The van der Waals surface area contributed by atoms with Gasteiger partial charge in [-0.1, -0.05) is 31.0 Å². The fourth-order valence-corrected chi connectivity index (χ4v) is 5.37. The van der Waals surface area contributed by atoms with Crippen LogP contribution in [0.3, 0.4) is 0 Å². The molecule has 5 heteroatoms. The molecule has 3 aliphatic rings. The molecule has 0 bridgehead atoms. The standard InChI is InChI=1S/C28H36N2O3/c31-28(21-10-13-26(14-11-21)33-19-27-6-3-15-32-27)30-25-12-9-22-16-20(7-8-23(22)17-25)18-29-24-4-1-2-5-24/h7-8,10-11,13-14,16,24-25,27,29H,1-6,9,12,15,17-19H2,(H,30,31)/t25-,27-/m0/s1. The Morgan fingerprint density at radius 3 is 2.58 bits per heavy atom. The van der Waals surface area contributed by atoms with Gasteiger partial charge in [0.25, 0.3) is 5.91 Å². The van der Waals surface area contributed by atoms with Crippen LogP contribution in [0.5, 0.6) is 5.75 Å². The van der Waals surface area contributed by atoms with Gasteiger partial charge in [0.15, 0.2) is 0 Å². The summed E-state index contributed by atoms with van der Waals surface area (Å²) in [4.78, 5) is 12.8. The molecule has 1 saturated heterocycles. The summed E-state index contributed by atoms with van der Waals surface area (Å²) in [7, 11) is 0. The molecule has 0 spiro atoms. The highest BCUT2D eigenvalue weighted by atomic mass is 16.5. The highest BCUT2D eigenvalue weighted by Crippen LogP contribution is 2.24. The van der Waals surface area contributed by atoms with Crippen molar-refractivity contribution in [1.29, 1.82) is 0 Å². The number of hydrogen-bond donors (Lipinski definition) is 2. The summed E-state index contributed by atoms with van der Waals surface area (Å²) in [6.45, 7) is 2.37. The van der Waals surface area contributed by atoms with Crippen molar-refractivity contribution < 1.29 is 14.3 Å². The second-order valence-electron chi connectivity index (χ2n) is 9.85. The van der Waals surface area contributed by atoms with E-state index in [4.69, 9.17) is 9.47 Å². The lowest BCUT2D eigenvalue weighted by molar-refractivity contribution is 0.0679. The van der Waals surface area contributed by atoms with Crippen LogP contribution >= 0.6 is 0 Å². The maximum Gasteiger partial charge on any atom is 0.251 e. The van der Waals surface area contributed by atoms with E-state index in [0.29, 0.717) is 18.2 Å². The van der Waals surface area contributed by atoms with Crippen LogP contribution in [0, 0.1) is 0 Å². The summed E-state index contributed by atoms with van der Waals surface area (Å²) in [5, 5.41) is 6.95. The molecular formula is C28H36N2O3. The lowest BCUT2D eigenvalue weighted by Gasteiger charge is -2.26. The number of amides is 1. The number of ether oxygens (including phenoxy) is 2. The SMILES string of the molecule is O=C(N[C@H]1CCc2cc(CNC3CCCC3)ccc2C1)c1ccc(OC[C@@H]2CCCO2)cc1. The summed E-state index contributed by atoms with van der Waals surface area (Å²) >= 11 is 0. The van der Waals surface area contributed by atoms with Crippen LogP contribution in [0.4, 0.5) is 0 Å². The van der Waals surface area contributed by atoms with E-state index in [1.807, 2.05) is 24.3 Å². The Labute approximate surface area is 197 Å². The monoisotopic (exact) mass is 448 g/mol. The van der Waals surface area contributed by atoms with Gasteiger partial charge in [0, 0.05) is 30.8 Å². The number of benzene rings is 2. The Hall–Kier alpha value is -2.37. The van der Waals surface area contributed by atoms with Crippen LogP contribution in [-0.2, 0) is 24.1 Å². The first-order valence-corrected chi connectivity index (χ1v) is 12.7. The molecule has 33 heavy (non-hydrogen) atoms. The minimum atomic E-state index is -0.00786. The van der Waals surface area contributed by atoms with Crippen molar-refractivity contribution >= 4 is 5.91 Å². The zero-order valence-electron chi connectivity index (χ0n) is 19.5. The van der Waals surface area contributed by atoms with Gasteiger partial charge in [-0.3, -0.25) is 4.79 Å². The number of carbonyl (C=O) groups excluding carboxylic acids is 1. The molecule has 5 rings (SSSR count). The van der Waals surface area contributed by atoms with Gasteiger partial charge in [0.1, 0.15) is 12.4 Å². The van der Waals surface area contributed by atoms with Crippen LogP contribution in [0.2, 0.25) is 0 Å². The maximum atomic E-state index is 12.8. The van der Waals surface area contributed by atoms with E-state index in [0.717, 1.165) is 51.0 Å². The number of nitrogens with one attached hydrogen (secondary N) is 2.